The normalized spacial score (nSPS) is 10.2. The summed E-state index contributed by atoms with van der Waals surface area (Å²) in [6.45, 7) is 0. The highest BCUT2D eigenvalue weighted by molar-refractivity contribution is 6.36. The topological polar surface area (TPSA) is 43.4 Å². The van der Waals surface area contributed by atoms with E-state index in [4.69, 9.17) is 16.3 Å². The van der Waals surface area contributed by atoms with Crippen molar-refractivity contribution in [1.82, 2.24) is 0 Å². The molecule has 0 fully saturated rings. The first-order valence-corrected chi connectivity index (χ1v) is 7.70. The summed E-state index contributed by atoms with van der Waals surface area (Å²) in [5, 5.41) is 0.121. The molecule has 0 saturated carbocycles. The third kappa shape index (κ3) is 3.36. The van der Waals surface area contributed by atoms with E-state index in [0.717, 1.165) is 0 Å². The van der Waals surface area contributed by atoms with Gasteiger partial charge in [0.2, 0.25) is 0 Å². The minimum Gasteiger partial charge on any atom is -0.421 e. The van der Waals surface area contributed by atoms with E-state index in [1.165, 1.54) is 0 Å². The third-order valence-corrected chi connectivity index (χ3v) is 3.85. The third-order valence-electron chi connectivity index (χ3n) is 3.46. The first-order chi connectivity index (χ1) is 11.7. The number of esters is 1. The molecule has 0 aliphatic heterocycles. The van der Waals surface area contributed by atoms with Gasteiger partial charge in [-0.05, 0) is 24.3 Å². The number of hydrogen-bond donors (Lipinski definition) is 0. The van der Waals surface area contributed by atoms with Gasteiger partial charge in [0.25, 0.3) is 0 Å². The Morgan fingerprint density at radius 1 is 0.708 bits per heavy atom. The molecule has 3 aromatic carbocycles. The number of carbonyl (C=O) groups is 2. The van der Waals surface area contributed by atoms with Crippen LogP contribution >= 0.6 is 11.6 Å². The predicted octanol–water partition coefficient (Wildman–Crippen LogP) is 4.79. The van der Waals surface area contributed by atoms with E-state index in [0.29, 0.717) is 16.7 Å². The molecule has 0 heterocycles. The van der Waals surface area contributed by atoms with Crippen LogP contribution in [0.25, 0.3) is 0 Å². The fourth-order valence-corrected chi connectivity index (χ4v) is 2.49. The molecule has 0 spiro atoms. The number of benzene rings is 3. The Labute approximate surface area is 144 Å². The van der Waals surface area contributed by atoms with E-state index in [-0.39, 0.29) is 16.6 Å². The SMILES string of the molecule is O=C(Oc1cccc(C(=O)c2ccccc2)c1Cl)c1ccccc1. The molecule has 0 radical (unpaired) electrons. The van der Waals surface area contributed by atoms with Gasteiger partial charge in [-0.3, -0.25) is 4.79 Å². The van der Waals surface area contributed by atoms with Gasteiger partial charge in [-0.15, -0.1) is 0 Å². The molecular formula is C20H13ClO3. The van der Waals surface area contributed by atoms with Crippen molar-refractivity contribution < 1.29 is 14.3 Å². The van der Waals surface area contributed by atoms with E-state index in [1.807, 2.05) is 12.1 Å². The molecule has 24 heavy (non-hydrogen) atoms. The molecule has 0 aliphatic rings. The fraction of sp³-hybridized carbons (Fsp3) is 0. The van der Waals surface area contributed by atoms with Gasteiger partial charge in [0.15, 0.2) is 11.5 Å². The Kier molecular flexibility index (Phi) is 4.73. The van der Waals surface area contributed by atoms with E-state index in [9.17, 15) is 9.59 Å². The van der Waals surface area contributed by atoms with Crippen LogP contribution in [0.1, 0.15) is 26.3 Å². The van der Waals surface area contributed by atoms with Crippen LogP contribution < -0.4 is 4.74 Å². The van der Waals surface area contributed by atoms with Gasteiger partial charge < -0.3 is 4.74 Å². The second kappa shape index (κ2) is 7.11. The van der Waals surface area contributed by atoms with Crippen LogP contribution in [0.2, 0.25) is 5.02 Å². The van der Waals surface area contributed by atoms with Crippen LogP contribution in [0.4, 0.5) is 0 Å². The van der Waals surface area contributed by atoms with Crippen LogP contribution in [0, 0.1) is 0 Å². The largest absolute Gasteiger partial charge is 0.421 e. The van der Waals surface area contributed by atoms with Crippen molar-refractivity contribution in [3.05, 3.63) is 101 Å². The van der Waals surface area contributed by atoms with Crippen LogP contribution in [-0.2, 0) is 0 Å². The molecule has 3 aromatic rings. The molecule has 0 unspecified atom stereocenters. The minimum absolute atomic E-state index is 0.121. The first kappa shape index (κ1) is 16.0. The maximum Gasteiger partial charge on any atom is 0.343 e. The van der Waals surface area contributed by atoms with Crippen molar-refractivity contribution in [3.8, 4) is 5.75 Å². The smallest absolute Gasteiger partial charge is 0.343 e. The lowest BCUT2D eigenvalue weighted by Crippen LogP contribution is -2.10. The molecule has 0 aromatic heterocycles. The summed E-state index contributed by atoms with van der Waals surface area (Å²) in [6, 6.07) is 22.2. The molecule has 0 N–H and O–H groups in total. The van der Waals surface area contributed by atoms with Crippen molar-refractivity contribution in [3.63, 3.8) is 0 Å². The van der Waals surface area contributed by atoms with Gasteiger partial charge in [-0.1, -0.05) is 66.2 Å². The number of hydrogen-bond acceptors (Lipinski definition) is 3. The maximum absolute atomic E-state index is 12.6. The average molecular weight is 337 g/mol. The highest BCUT2D eigenvalue weighted by Crippen LogP contribution is 2.30. The van der Waals surface area contributed by atoms with Crippen LogP contribution in [0.5, 0.6) is 5.75 Å². The molecule has 0 atom stereocenters. The van der Waals surface area contributed by atoms with Gasteiger partial charge in [-0.25, -0.2) is 4.79 Å². The summed E-state index contributed by atoms with van der Waals surface area (Å²) in [6.07, 6.45) is 0. The summed E-state index contributed by atoms with van der Waals surface area (Å²) >= 11 is 6.29. The number of ether oxygens (including phenoxy) is 1. The summed E-state index contributed by atoms with van der Waals surface area (Å²) in [7, 11) is 0. The van der Waals surface area contributed by atoms with E-state index in [2.05, 4.69) is 0 Å². The monoisotopic (exact) mass is 336 g/mol. The van der Waals surface area contributed by atoms with Crippen LogP contribution in [0.15, 0.2) is 78.9 Å². The zero-order chi connectivity index (χ0) is 16.9. The standard InChI is InChI=1S/C20H13ClO3/c21-18-16(19(22)14-8-3-1-4-9-14)12-7-13-17(18)24-20(23)15-10-5-2-6-11-15/h1-13H. The summed E-state index contributed by atoms with van der Waals surface area (Å²) in [5.74, 6) is -0.590. The molecule has 0 bridgehead atoms. The van der Waals surface area contributed by atoms with Crippen molar-refractivity contribution in [1.29, 1.82) is 0 Å². The Morgan fingerprint density at radius 2 is 1.29 bits per heavy atom. The predicted molar refractivity (Wildman–Crippen MR) is 92.7 cm³/mol. The lowest BCUT2D eigenvalue weighted by Gasteiger charge is -2.09. The first-order valence-electron chi connectivity index (χ1n) is 7.32. The van der Waals surface area contributed by atoms with Gasteiger partial charge in [0.05, 0.1) is 10.6 Å². The second-order valence-corrected chi connectivity index (χ2v) is 5.45. The van der Waals surface area contributed by atoms with E-state index >= 15 is 0 Å². The van der Waals surface area contributed by atoms with Crippen LogP contribution in [0.3, 0.4) is 0 Å². The highest BCUT2D eigenvalue weighted by Gasteiger charge is 2.18. The Hall–Kier alpha value is -2.91. The minimum atomic E-state index is -0.526. The Balaban J connectivity index is 1.89. The molecule has 118 valence electrons. The van der Waals surface area contributed by atoms with E-state index in [1.54, 1.807) is 66.7 Å². The number of carbonyl (C=O) groups excluding carboxylic acids is 2. The molecule has 3 rings (SSSR count). The summed E-state index contributed by atoms with van der Waals surface area (Å²) < 4.78 is 5.33. The molecule has 4 heteroatoms. The highest BCUT2D eigenvalue weighted by atomic mass is 35.5. The molecule has 0 amide bonds. The van der Waals surface area contributed by atoms with Gasteiger partial charge in [0.1, 0.15) is 0 Å². The zero-order valence-electron chi connectivity index (χ0n) is 12.6. The summed E-state index contributed by atoms with van der Waals surface area (Å²) in [4.78, 5) is 24.7. The fourth-order valence-electron chi connectivity index (χ4n) is 2.24. The van der Waals surface area contributed by atoms with Crippen molar-refractivity contribution in [2.45, 2.75) is 0 Å². The van der Waals surface area contributed by atoms with E-state index < -0.39 is 5.97 Å². The lowest BCUT2D eigenvalue weighted by atomic mass is 10.0. The average Bonchev–Trinajstić information content (AvgIpc) is 2.64. The number of ketones is 1. The molecule has 0 saturated heterocycles. The lowest BCUT2D eigenvalue weighted by molar-refractivity contribution is 0.0734. The quantitative estimate of drug-likeness (QED) is 0.391. The van der Waals surface area contributed by atoms with Gasteiger partial charge in [0, 0.05) is 11.1 Å². The van der Waals surface area contributed by atoms with Crippen LogP contribution in [-0.4, -0.2) is 11.8 Å². The van der Waals surface area contributed by atoms with Crippen molar-refractivity contribution in [2.24, 2.45) is 0 Å². The molecular weight excluding hydrogens is 324 g/mol. The zero-order valence-corrected chi connectivity index (χ0v) is 13.4. The number of halogens is 1. The summed E-state index contributed by atoms with van der Waals surface area (Å²) in [5.41, 5.74) is 1.22. The molecule has 0 aliphatic carbocycles. The van der Waals surface area contributed by atoms with Crippen molar-refractivity contribution >= 4 is 23.4 Å². The van der Waals surface area contributed by atoms with Gasteiger partial charge >= 0.3 is 5.97 Å². The Morgan fingerprint density at radius 3 is 1.92 bits per heavy atom. The number of rotatable bonds is 4. The van der Waals surface area contributed by atoms with Crippen molar-refractivity contribution in [2.75, 3.05) is 0 Å². The Bertz CT molecular complexity index is 874. The molecule has 3 nitrogen and oxygen atoms in total. The second-order valence-electron chi connectivity index (χ2n) is 5.07. The van der Waals surface area contributed by atoms with Gasteiger partial charge in [-0.2, -0.15) is 0 Å². The maximum atomic E-state index is 12.6.